The molecule has 14 heavy (non-hydrogen) atoms. The van der Waals surface area contributed by atoms with Gasteiger partial charge in [-0.2, -0.15) is 0 Å². The zero-order chi connectivity index (χ0) is 10.7. The molecular formula is C9H10FNO3. The summed E-state index contributed by atoms with van der Waals surface area (Å²) in [6, 6.07) is 3.82. The molecule has 0 radical (unpaired) electrons. The van der Waals surface area contributed by atoms with Gasteiger partial charge in [-0.3, -0.25) is 4.79 Å². The number of ether oxygens (including phenoxy) is 1. The zero-order valence-electron chi connectivity index (χ0n) is 7.53. The van der Waals surface area contributed by atoms with Crippen LogP contribution in [-0.4, -0.2) is 18.1 Å². The number of aliphatic hydroxyl groups is 1. The minimum Gasteiger partial charge on any atom is -0.365 e. The summed E-state index contributed by atoms with van der Waals surface area (Å²) in [5.74, 6) is -1.71. The third kappa shape index (κ3) is 1.89. The van der Waals surface area contributed by atoms with Gasteiger partial charge in [0.05, 0.1) is 5.56 Å². The predicted octanol–water partition coefficient (Wildman–Crippen LogP) is 0.562. The van der Waals surface area contributed by atoms with Gasteiger partial charge < -0.3 is 15.6 Å². The highest BCUT2D eigenvalue weighted by atomic mass is 19.1. The number of rotatable bonds is 3. The van der Waals surface area contributed by atoms with Gasteiger partial charge in [0.2, 0.25) is 0 Å². The van der Waals surface area contributed by atoms with Crippen molar-refractivity contribution in [3.05, 3.63) is 35.1 Å². The highest BCUT2D eigenvalue weighted by molar-refractivity contribution is 5.94. The first-order chi connectivity index (χ1) is 6.57. The van der Waals surface area contributed by atoms with E-state index in [0.717, 1.165) is 6.07 Å². The summed E-state index contributed by atoms with van der Waals surface area (Å²) in [5.41, 5.74) is 4.64. The molecular weight excluding hydrogens is 189 g/mol. The number of carbonyl (C=O) groups excluding carboxylic acids is 1. The monoisotopic (exact) mass is 199 g/mol. The third-order valence-electron chi connectivity index (χ3n) is 1.78. The van der Waals surface area contributed by atoms with E-state index >= 15 is 0 Å². The average molecular weight is 199 g/mol. The maximum absolute atomic E-state index is 13.1. The summed E-state index contributed by atoms with van der Waals surface area (Å²) in [4.78, 5) is 10.9. The Morgan fingerprint density at radius 1 is 1.64 bits per heavy atom. The van der Waals surface area contributed by atoms with Crippen molar-refractivity contribution in [2.24, 2.45) is 5.73 Å². The van der Waals surface area contributed by atoms with E-state index in [1.54, 1.807) is 0 Å². The number of hydrogen-bond acceptors (Lipinski definition) is 3. The molecule has 0 spiro atoms. The smallest absolute Gasteiger partial charge is 0.252 e. The van der Waals surface area contributed by atoms with Crippen LogP contribution < -0.4 is 5.73 Å². The van der Waals surface area contributed by atoms with E-state index in [1.165, 1.54) is 19.2 Å². The number of nitrogens with two attached hydrogens (primary N) is 1. The van der Waals surface area contributed by atoms with Crippen LogP contribution in [0.15, 0.2) is 18.2 Å². The molecule has 1 aromatic rings. The molecule has 3 N–H and O–H groups in total. The van der Waals surface area contributed by atoms with E-state index in [2.05, 4.69) is 4.74 Å². The number of primary amides is 1. The van der Waals surface area contributed by atoms with Crippen LogP contribution in [0, 0.1) is 5.82 Å². The Hall–Kier alpha value is -1.46. The standard InChI is InChI=1S/C9H10FNO3/c1-14-9(13)5-3-2-4-6(10)7(5)8(11)12/h2-4,9,13H,1H3,(H2,11,12). The predicted molar refractivity (Wildman–Crippen MR) is 46.9 cm³/mol. The van der Waals surface area contributed by atoms with Crippen molar-refractivity contribution in [1.29, 1.82) is 0 Å². The highest BCUT2D eigenvalue weighted by Crippen LogP contribution is 2.20. The lowest BCUT2D eigenvalue weighted by Crippen LogP contribution is -2.18. The summed E-state index contributed by atoms with van der Waals surface area (Å²) >= 11 is 0. The Labute approximate surface area is 80.1 Å². The summed E-state index contributed by atoms with van der Waals surface area (Å²) < 4.78 is 17.7. The molecule has 0 saturated carbocycles. The highest BCUT2D eigenvalue weighted by Gasteiger charge is 2.18. The molecule has 4 nitrogen and oxygen atoms in total. The first-order valence-electron chi connectivity index (χ1n) is 3.87. The molecule has 0 aliphatic heterocycles. The zero-order valence-corrected chi connectivity index (χ0v) is 7.53. The fraction of sp³-hybridized carbons (Fsp3) is 0.222. The molecule has 1 unspecified atom stereocenters. The first-order valence-corrected chi connectivity index (χ1v) is 3.87. The van der Waals surface area contributed by atoms with Gasteiger partial charge in [0.15, 0.2) is 6.29 Å². The van der Waals surface area contributed by atoms with Crippen LogP contribution in [0.3, 0.4) is 0 Å². The SMILES string of the molecule is COC(O)c1cccc(F)c1C(N)=O. The van der Waals surface area contributed by atoms with Crippen LogP contribution in [0.4, 0.5) is 4.39 Å². The van der Waals surface area contributed by atoms with Gasteiger partial charge in [0, 0.05) is 12.7 Å². The lowest BCUT2D eigenvalue weighted by atomic mass is 10.1. The second kappa shape index (κ2) is 4.17. The molecule has 1 aromatic carbocycles. The van der Waals surface area contributed by atoms with E-state index in [9.17, 15) is 14.3 Å². The Kier molecular flexibility index (Phi) is 3.16. The molecule has 5 heteroatoms. The number of hydrogen-bond donors (Lipinski definition) is 2. The third-order valence-corrected chi connectivity index (χ3v) is 1.78. The maximum atomic E-state index is 13.1. The van der Waals surface area contributed by atoms with Crippen LogP contribution in [0.25, 0.3) is 0 Å². The second-order valence-electron chi connectivity index (χ2n) is 2.66. The normalized spacial score (nSPS) is 12.5. The number of halogens is 1. The topological polar surface area (TPSA) is 72.6 Å². The van der Waals surface area contributed by atoms with E-state index in [1.807, 2.05) is 0 Å². The van der Waals surface area contributed by atoms with E-state index in [0.29, 0.717) is 0 Å². The van der Waals surface area contributed by atoms with Crippen LogP contribution in [0.2, 0.25) is 0 Å². The van der Waals surface area contributed by atoms with Crippen molar-refractivity contribution >= 4 is 5.91 Å². The van der Waals surface area contributed by atoms with Crippen molar-refractivity contribution in [2.45, 2.75) is 6.29 Å². The Bertz CT molecular complexity index is 354. The molecule has 1 atom stereocenters. The fourth-order valence-electron chi connectivity index (χ4n) is 1.13. The molecule has 76 valence electrons. The maximum Gasteiger partial charge on any atom is 0.252 e. The van der Waals surface area contributed by atoms with Gasteiger partial charge >= 0.3 is 0 Å². The molecule has 0 aliphatic carbocycles. The molecule has 1 amide bonds. The summed E-state index contributed by atoms with van der Waals surface area (Å²) in [7, 11) is 1.24. The quantitative estimate of drug-likeness (QED) is 0.698. The lowest BCUT2D eigenvalue weighted by molar-refractivity contribution is -0.0774. The molecule has 1 rings (SSSR count). The van der Waals surface area contributed by atoms with Gasteiger partial charge in [0.1, 0.15) is 5.82 Å². The van der Waals surface area contributed by atoms with Crippen LogP contribution in [-0.2, 0) is 4.74 Å². The number of amides is 1. The van der Waals surface area contributed by atoms with Crippen molar-refractivity contribution in [2.75, 3.05) is 7.11 Å². The van der Waals surface area contributed by atoms with Crippen molar-refractivity contribution in [1.82, 2.24) is 0 Å². The van der Waals surface area contributed by atoms with E-state index in [-0.39, 0.29) is 11.1 Å². The number of aliphatic hydroxyl groups excluding tert-OH is 1. The number of benzene rings is 1. The molecule has 0 bridgehead atoms. The van der Waals surface area contributed by atoms with Crippen LogP contribution in [0.5, 0.6) is 0 Å². The first kappa shape index (κ1) is 10.6. The molecule has 0 aliphatic rings. The summed E-state index contributed by atoms with van der Waals surface area (Å²) in [6.07, 6.45) is -1.35. The fourth-order valence-corrected chi connectivity index (χ4v) is 1.13. The minimum absolute atomic E-state index is 0.0278. The second-order valence-corrected chi connectivity index (χ2v) is 2.66. The van der Waals surface area contributed by atoms with Gasteiger partial charge in [-0.05, 0) is 6.07 Å². The molecule has 0 fully saturated rings. The average Bonchev–Trinajstić information content (AvgIpc) is 2.15. The van der Waals surface area contributed by atoms with Gasteiger partial charge in [-0.15, -0.1) is 0 Å². The van der Waals surface area contributed by atoms with Crippen molar-refractivity contribution < 1.29 is 19.0 Å². The Morgan fingerprint density at radius 3 is 2.79 bits per heavy atom. The minimum atomic E-state index is -1.35. The van der Waals surface area contributed by atoms with E-state index < -0.39 is 18.0 Å². The van der Waals surface area contributed by atoms with Crippen LogP contribution in [0.1, 0.15) is 22.2 Å². The van der Waals surface area contributed by atoms with Gasteiger partial charge in [0.25, 0.3) is 5.91 Å². The van der Waals surface area contributed by atoms with E-state index in [4.69, 9.17) is 5.73 Å². The Balaban J connectivity index is 3.28. The summed E-state index contributed by atoms with van der Waals surface area (Å²) in [6.45, 7) is 0. The van der Waals surface area contributed by atoms with Crippen molar-refractivity contribution in [3.8, 4) is 0 Å². The summed E-state index contributed by atoms with van der Waals surface area (Å²) in [5, 5.41) is 9.29. The molecule has 0 aromatic heterocycles. The largest absolute Gasteiger partial charge is 0.365 e. The van der Waals surface area contributed by atoms with Gasteiger partial charge in [-0.1, -0.05) is 12.1 Å². The molecule has 0 heterocycles. The Morgan fingerprint density at radius 2 is 2.29 bits per heavy atom. The molecule has 0 saturated heterocycles. The van der Waals surface area contributed by atoms with Crippen molar-refractivity contribution in [3.63, 3.8) is 0 Å². The lowest BCUT2D eigenvalue weighted by Gasteiger charge is -2.12. The number of methoxy groups -OCH3 is 1. The van der Waals surface area contributed by atoms with Crippen LogP contribution >= 0.6 is 0 Å². The van der Waals surface area contributed by atoms with Gasteiger partial charge in [-0.25, -0.2) is 4.39 Å². The number of carbonyl (C=O) groups is 1.